The van der Waals surface area contributed by atoms with Crippen molar-refractivity contribution >= 4 is 52.5 Å². The summed E-state index contributed by atoms with van der Waals surface area (Å²) in [5.41, 5.74) is 0.626. The molecule has 3 nitrogen and oxygen atoms in total. The van der Waals surface area contributed by atoms with E-state index in [-0.39, 0.29) is 24.4 Å². The van der Waals surface area contributed by atoms with Crippen molar-refractivity contribution in [3.8, 4) is 0 Å². The zero-order chi connectivity index (χ0) is 12.3. The Labute approximate surface area is 132 Å². The molecule has 1 atom stereocenters. The number of nitrogens with one attached hydrogen (secondary N) is 2. The number of rotatable bonds is 2. The van der Waals surface area contributed by atoms with E-state index in [0.717, 1.165) is 29.5 Å². The number of carbonyl (C=O) groups excluding carboxylic acids is 1. The van der Waals surface area contributed by atoms with E-state index in [4.69, 9.17) is 11.6 Å². The second kappa shape index (κ2) is 7.53. The summed E-state index contributed by atoms with van der Waals surface area (Å²) < 4.78 is 0.958. The van der Waals surface area contributed by atoms with Gasteiger partial charge in [0, 0.05) is 21.7 Å². The fourth-order valence-electron chi connectivity index (χ4n) is 1.88. The van der Waals surface area contributed by atoms with Gasteiger partial charge < -0.3 is 10.6 Å². The molecule has 0 spiro atoms. The monoisotopic (exact) mass is 400 g/mol. The summed E-state index contributed by atoms with van der Waals surface area (Å²) in [6, 6.07) is 5.61. The predicted octanol–water partition coefficient (Wildman–Crippen LogP) is 2.85. The van der Waals surface area contributed by atoms with Gasteiger partial charge in [0.1, 0.15) is 0 Å². The van der Waals surface area contributed by atoms with Crippen LogP contribution in [0.15, 0.2) is 18.2 Å². The summed E-state index contributed by atoms with van der Waals surface area (Å²) in [5.74, 6) is -0.0444. The molecule has 100 valence electrons. The molecule has 0 saturated carbocycles. The van der Waals surface area contributed by atoms with Gasteiger partial charge in [0.25, 0.3) is 5.91 Å². The van der Waals surface area contributed by atoms with E-state index in [0.29, 0.717) is 10.6 Å². The molecule has 0 aromatic heterocycles. The third kappa shape index (κ3) is 4.26. The molecule has 0 aliphatic carbocycles. The van der Waals surface area contributed by atoms with Crippen molar-refractivity contribution in [2.75, 3.05) is 13.1 Å². The maximum Gasteiger partial charge on any atom is 0.251 e. The molecule has 1 saturated heterocycles. The molecule has 1 aromatic carbocycles. The molecule has 2 N–H and O–H groups in total. The van der Waals surface area contributed by atoms with Crippen molar-refractivity contribution in [2.45, 2.75) is 18.9 Å². The van der Waals surface area contributed by atoms with Crippen LogP contribution >= 0.6 is 46.6 Å². The number of benzene rings is 1. The summed E-state index contributed by atoms with van der Waals surface area (Å²) in [6.45, 7) is 1.89. The Kier molecular flexibility index (Phi) is 6.70. The van der Waals surface area contributed by atoms with Gasteiger partial charge in [-0.25, -0.2) is 0 Å². The SMILES string of the molecule is Cl.O=C(N[C@H]1CCCNC1)c1ccc(I)c(Cl)c1. The van der Waals surface area contributed by atoms with Crippen molar-refractivity contribution in [2.24, 2.45) is 0 Å². The lowest BCUT2D eigenvalue weighted by Gasteiger charge is -2.23. The maximum absolute atomic E-state index is 12.0. The van der Waals surface area contributed by atoms with Crippen LogP contribution in [0.5, 0.6) is 0 Å². The zero-order valence-corrected chi connectivity index (χ0v) is 13.4. The van der Waals surface area contributed by atoms with Crippen LogP contribution in [0.1, 0.15) is 23.2 Å². The van der Waals surface area contributed by atoms with Gasteiger partial charge in [0.15, 0.2) is 0 Å². The summed E-state index contributed by atoms with van der Waals surface area (Å²) in [4.78, 5) is 12.0. The molecular weight excluding hydrogens is 386 g/mol. The molecule has 1 heterocycles. The number of halogens is 3. The molecule has 1 aliphatic rings. The molecule has 1 aliphatic heterocycles. The van der Waals surface area contributed by atoms with Crippen LogP contribution < -0.4 is 10.6 Å². The van der Waals surface area contributed by atoms with Crippen LogP contribution in [0.3, 0.4) is 0 Å². The minimum absolute atomic E-state index is 0. The second-order valence-electron chi connectivity index (χ2n) is 4.15. The third-order valence-electron chi connectivity index (χ3n) is 2.81. The highest BCUT2D eigenvalue weighted by Gasteiger charge is 2.16. The second-order valence-corrected chi connectivity index (χ2v) is 5.72. The Bertz CT molecular complexity index is 423. The average Bonchev–Trinajstić information content (AvgIpc) is 2.34. The van der Waals surface area contributed by atoms with Gasteiger partial charge in [-0.15, -0.1) is 12.4 Å². The zero-order valence-electron chi connectivity index (χ0n) is 9.71. The molecular formula is C12H15Cl2IN2O. The molecule has 18 heavy (non-hydrogen) atoms. The van der Waals surface area contributed by atoms with E-state index in [9.17, 15) is 4.79 Å². The highest BCUT2D eigenvalue weighted by Crippen LogP contribution is 2.19. The predicted molar refractivity (Wildman–Crippen MR) is 84.8 cm³/mol. The van der Waals surface area contributed by atoms with Gasteiger partial charge in [0.05, 0.1) is 5.02 Å². The van der Waals surface area contributed by atoms with E-state index in [1.807, 2.05) is 6.07 Å². The first-order chi connectivity index (χ1) is 8.16. The fourth-order valence-corrected chi connectivity index (χ4v) is 2.40. The standard InChI is InChI=1S/C12H14ClIN2O.ClH/c13-10-6-8(3-4-11(10)14)12(17)16-9-2-1-5-15-7-9;/h3-4,6,9,15H,1-2,5,7H2,(H,16,17);1H/t9-;/m0./s1. The largest absolute Gasteiger partial charge is 0.348 e. The number of piperidine rings is 1. The van der Waals surface area contributed by atoms with Crippen LogP contribution in [-0.4, -0.2) is 25.0 Å². The Morgan fingerprint density at radius 2 is 2.28 bits per heavy atom. The van der Waals surface area contributed by atoms with Crippen LogP contribution in [0.2, 0.25) is 5.02 Å². The topological polar surface area (TPSA) is 41.1 Å². The third-order valence-corrected chi connectivity index (χ3v) is 4.39. The number of hydrogen-bond acceptors (Lipinski definition) is 2. The summed E-state index contributed by atoms with van der Waals surface area (Å²) in [7, 11) is 0. The fraction of sp³-hybridized carbons (Fsp3) is 0.417. The lowest BCUT2D eigenvalue weighted by molar-refractivity contribution is 0.0930. The molecule has 0 bridgehead atoms. The Balaban J connectivity index is 0.00000162. The normalized spacial score (nSPS) is 18.9. The van der Waals surface area contributed by atoms with E-state index in [1.54, 1.807) is 12.1 Å². The van der Waals surface area contributed by atoms with Crippen molar-refractivity contribution in [1.82, 2.24) is 10.6 Å². The Hall–Kier alpha value is -0.0400. The molecule has 0 radical (unpaired) electrons. The van der Waals surface area contributed by atoms with Gasteiger partial charge in [-0.1, -0.05) is 11.6 Å². The Morgan fingerprint density at radius 1 is 1.50 bits per heavy atom. The number of hydrogen-bond donors (Lipinski definition) is 2. The average molecular weight is 401 g/mol. The quantitative estimate of drug-likeness (QED) is 0.749. The van der Waals surface area contributed by atoms with Crippen molar-refractivity contribution < 1.29 is 4.79 Å². The van der Waals surface area contributed by atoms with Crippen molar-refractivity contribution in [3.05, 3.63) is 32.4 Å². The van der Waals surface area contributed by atoms with Gasteiger partial charge in [-0.3, -0.25) is 4.79 Å². The molecule has 2 rings (SSSR count). The molecule has 1 fully saturated rings. The van der Waals surface area contributed by atoms with E-state index in [1.165, 1.54) is 0 Å². The van der Waals surface area contributed by atoms with Crippen molar-refractivity contribution in [1.29, 1.82) is 0 Å². The summed E-state index contributed by atoms with van der Waals surface area (Å²) in [5, 5.41) is 6.91. The maximum atomic E-state index is 12.0. The van der Waals surface area contributed by atoms with Gasteiger partial charge in [-0.05, 0) is 60.2 Å². The number of amides is 1. The smallest absolute Gasteiger partial charge is 0.251 e. The first-order valence-corrected chi connectivity index (χ1v) is 7.09. The van der Waals surface area contributed by atoms with Crippen LogP contribution in [0.25, 0.3) is 0 Å². The molecule has 1 amide bonds. The minimum atomic E-state index is -0.0444. The van der Waals surface area contributed by atoms with Gasteiger partial charge in [-0.2, -0.15) is 0 Å². The molecule has 0 unspecified atom stereocenters. The van der Waals surface area contributed by atoms with Crippen LogP contribution in [-0.2, 0) is 0 Å². The molecule has 6 heteroatoms. The Morgan fingerprint density at radius 3 is 2.89 bits per heavy atom. The highest BCUT2D eigenvalue weighted by molar-refractivity contribution is 14.1. The van der Waals surface area contributed by atoms with Gasteiger partial charge >= 0.3 is 0 Å². The summed E-state index contributed by atoms with van der Waals surface area (Å²) >= 11 is 8.15. The van der Waals surface area contributed by atoms with Crippen LogP contribution in [0, 0.1) is 3.57 Å². The highest BCUT2D eigenvalue weighted by atomic mass is 127. The van der Waals surface area contributed by atoms with Crippen LogP contribution in [0.4, 0.5) is 0 Å². The van der Waals surface area contributed by atoms with E-state index in [2.05, 4.69) is 33.2 Å². The molecule has 1 aromatic rings. The summed E-state index contributed by atoms with van der Waals surface area (Å²) in [6.07, 6.45) is 2.15. The van der Waals surface area contributed by atoms with E-state index < -0.39 is 0 Å². The first kappa shape index (κ1) is 16.0. The van der Waals surface area contributed by atoms with Gasteiger partial charge in [0.2, 0.25) is 0 Å². The van der Waals surface area contributed by atoms with E-state index >= 15 is 0 Å². The lowest BCUT2D eigenvalue weighted by atomic mass is 10.1. The number of carbonyl (C=O) groups is 1. The lowest BCUT2D eigenvalue weighted by Crippen LogP contribution is -2.45. The first-order valence-electron chi connectivity index (χ1n) is 5.63. The van der Waals surface area contributed by atoms with Crippen molar-refractivity contribution in [3.63, 3.8) is 0 Å². The minimum Gasteiger partial charge on any atom is -0.348 e.